The second-order valence-electron chi connectivity index (χ2n) is 4.59. The minimum atomic E-state index is -3.48. The van der Waals surface area contributed by atoms with Crippen LogP contribution in [0.5, 0.6) is 0 Å². The molecule has 0 radical (unpaired) electrons. The molecule has 0 aliphatic heterocycles. The molecule has 0 aliphatic carbocycles. The first-order chi connectivity index (χ1) is 9.48. The van der Waals surface area contributed by atoms with E-state index in [0.29, 0.717) is 11.3 Å². The van der Waals surface area contributed by atoms with E-state index in [0.717, 1.165) is 11.1 Å². The summed E-state index contributed by atoms with van der Waals surface area (Å²) in [5, 5.41) is 8.94. The Balaban J connectivity index is 2.10. The number of sulfonamides is 1. The number of aryl methyl sites for hydroxylation is 1. The maximum atomic E-state index is 12.0. The highest BCUT2D eigenvalue weighted by Crippen LogP contribution is 2.13. The molecule has 20 heavy (non-hydrogen) atoms. The maximum absolute atomic E-state index is 12.0. The molecule has 0 saturated carbocycles. The van der Waals surface area contributed by atoms with Gasteiger partial charge in [0.2, 0.25) is 10.0 Å². The number of hydrogen-bond acceptors (Lipinski definition) is 4. The fourth-order valence-corrected chi connectivity index (χ4v) is 2.96. The summed E-state index contributed by atoms with van der Waals surface area (Å²) in [6, 6.07) is 8.52. The van der Waals surface area contributed by atoms with Gasteiger partial charge in [0.25, 0.3) is 0 Å². The number of hydrogen-bond donors (Lipinski definition) is 2. The van der Waals surface area contributed by atoms with Crippen molar-refractivity contribution < 1.29 is 13.5 Å². The Hall–Kier alpha value is -1.92. The van der Waals surface area contributed by atoms with Crippen LogP contribution in [-0.2, 0) is 22.4 Å². The van der Waals surface area contributed by atoms with E-state index >= 15 is 0 Å². The molecule has 2 rings (SSSR count). The summed E-state index contributed by atoms with van der Waals surface area (Å²) in [5.74, 6) is -0.118. The molecule has 6 heteroatoms. The number of aromatic nitrogens is 1. The summed E-state index contributed by atoms with van der Waals surface area (Å²) in [6.45, 7) is 1.79. The van der Waals surface area contributed by atoms with Crippen molar-refractivity contribution in [2.24, 2.45) is 0 Å². The summed E-state index contributed by atoms with van der Waals surface area (Å²) >= 11 is 0. The molecular formula is C14H16N2O3S. The van der Waals surface area contributed by atoms with Crippen LogP contribution in [0.25, 0.3) is 0 Å². The molecule has 0 spiro atoms. The van der Waals surface area contributed by atoms with Gasteiger partial charge in [0, 0.05) is 6.20 Å². The smallest absolute Gasteiger partial charge is 0.236 e. The number of anilines is 1. The van der Waals surface area contributed by atoms with Crippen molar-refractivity contribution >= 4 is 15.7 Å². The average Bonchev–Trinajstić information content (AvgIpc) is 2.38. The van der Waals surface area contributed by atoms with Gasteiger partial charge in [-0.05, 0) is 29.7 Å². The van der Waals surface area contributed by atoms with Crippen molar-refractivity contribution in [3.05, 3.63) is 59.4 Å². The van der Waals surface area contributed by atoms with Crippen molar-refractivity contribution in [1.29, 1.82) is 0 Å². The van der Waals surface area contributed by atoms with E-state index in [9.17, 15) is 8.42 Å². The fraction of sp³-hybridized carbons (Fsp3) is 0.214. The largest absolute Gasteiger partial charge is 0.392 e. The van der Waals surface area contributed by atoms with Gasteiger partial charge in [-0.15, -0.1) is 0 Å². The van der Waals surface area contributed by atoms with Crippen LogP contribution in [0.4, 0.5) is 5.69 Å². The first-order valence-corrected chi connectivity index (χ1v) is 7.74. The first-order valence-electron chi connectivity index (χ1n) is 6.09. The van der Waals surface area contributed by atoms with E-state index in [2.05, 4.69) is 9.71 Å². The normalized spacial score (nSPS) is 11.3. The summed E-state index contributed by atoms with van der Waals surface area (Å²) in [6.07, 6.45) is 3.13. The first kappa shape index (κ1) is 14.5. The second-order valence-corrected chi connectivity index (χ2v) is 6.31. The lowest BCUT2D eigenvalue weighted by Gasteiger charge is -2.08. The number of nitrogens with zero attached hydrogens (tertiary/aromatic N) is 1. The van der Waals surface area contributed by atoms with Crippen molar-refractivity contribution in [2.45, 2.75) is 19.3 Å². The lowest BCUT2D eigenvalue weighted by molar-refractivity contribution is 0.282. The van der Waals surface area contributed by atoms with E-state index in [1.807, 2.05) is 6.92 Å². The molecule has 2 aromatic rings. The standard InChI is InChI=1S/C14H16N2O3S/c1-11-6-14(8-15-7-11)16-20(18,19)10-13-4-2-12(9-17)3-5-13/h2-8,16-17H,9-10H2,1H3. The van der Waals surface area contributed by atoms with Gasteiger partial charge in [0.15, 0.2) is 0 Å². The predicted octanol–water partition coefficient (Wildman–Crippen LogP) is 1.82. The fourth-order valence-electron chi connectivity index (χ4n) is 1.79. The Labute approximate surface area is 118 Å². The zero-order valence-corrected chi connectivity index (χ0v) is 11.9. The molecule has 1 heterocycles. The highest BCUT2D eigenvalue weighted by Gasteiger charge is 2.12. The van der Waals surface area contributed by atoms with Gasteiger partial charge >= 0.3 is 0 Å². The Morgan fingerprint density at radius 2 is 1.80 bits per heavy atom. The number of aliphatic hydroxyl groups is 1. The van der Waals surface area contributed by atoms with Crippen LogP contribution in [0.15, 0.2) is 42.7 Å². The molecule has 0 aliphatic rings. The zero-order chi connectivity index (χ0) is 14.6. The third-order valence-corrected chi connectivity index (χ3v) is 3.97. The van der Waals surface area contributed by atoms with Crippen LogP contribution >= 0.6 is 0 Å². The third kappa shape index (κ3) is 4.04. The minimum absolute atomic E-state index is 0.0553. The summed E-state index contributed by atoms with van der Waals surface area (Å²) < 4.78 is 26.6. The Morgan fingerprint density at radius 3 is 2.40 bits per heavy atom. The lowest BCUT2D eigenvalue weighted by atomic mass is 10.2. The molecule has 0 saturated heterocycles. The van der Waals surface area contributed by atoms with E-state index in [4.69, 9.17) is 5.11 Å². The molecule has 0 atom stereocenters. The molecule has 0 fully saturated rings. The van der Waals surface area contributed by atoms with Crippen molar-refractivity contribution in [1.82, 2.24) is 4.98 Å². The number of rotatable bonds is 5. The highest BCUT2D eigenvalue weighted by molar-refractivity contribution is 7.91. The van der Waals surface area contributed by atoms with Crippen LogP contribution in [0.1, 0.15) is 16.7 Å². The topological polar surface area (TPSA) is 79.3 Å². The average molecular weight is 292 g/mol. The lowest BCUT2D eigenvalue weighted by Crippen LogP contribution is -2.15. The van der Waals surface area contributed by atoms with Crippen LogP contribution in [0.3, 0.4) is 0 Å². The van der Waals surface area contributed by atoms with Crippen LogP contribution in [0.2, 0.25) is 0 Å². The molecule has 2 N–H and O–H groups in total. The van der Waals surface area contributed by atoms with Gasteiger partial charge in [0.1, 0.15) is 0 Å². The quantitative estimate of drug-likeness (QED) is 0.881. The number of nitrogens with one attached hydrogen (secondary N) is 1. The molecule has 0 amide bonds. The van der Waals surface area contributed by atoms with Gasteiger partial charge in [-0.3, -0.25) is 9.71 Å². The molecule has 0 unspecified atom stereocenters. The zero-order valence-electron chi connectivity index (χ0n) is 11.1. The van der Waals surface area contributed by atoms with Crippen LogP contribution < -0.4 is 4.72 Å². The minimum Gasteiger partial charge on any atom is -0.392 e. The number of aliphatic hydroxyl groups excluding tert-OH is 1. The van der Waals surface area contributed by atoms with Gasteiger partial charge in [0.05, 0.1) is 24.2 Å². The van der Waals surface area contributed by atoms with Gasteiger partial charge < -0.3 is 5.11 Å². The third-order valence-electron chi connectivity index (χ3n) is 2.71. The Kier molecular flexibility index (Phi) is 4.36. The monoisotopic (exact) mass is 292 g/mol. The summed E-state index contributed by atoms with van der Waals surface area (Å²) in [4.78, 5) is 3.94. The van der Waals surface area contributed by atoms with Gasteiger partial charge in [-0.1, -0.05) is 24.3 Å². The number of benzene rings is 1. The van der Waals surface area contributed by atoms with Crippen LogP contribution in [0, 0.1) is 6.92 Å². The van der Waals surface area contributed by atoms with Crippen LogP contribution in [-0.4, -0.2) is 18.5 Å². The Bertz CT molecular complexity index is 682. The van der Waals surface area contributed by atoms with Gasteiger partial charge in [-0.25, -0.2) is 8.42 Å². The number of pyridine rings is 1. The van der Waals surface area contributed by atoms with E-state index in [-0.39, 0.29) is 12.4 Å². The van der Waals surface area contributed by atoms with Crippen molar-refractivity contribution in [3.8, 4) is 0 Å². The molecular weight excluding hydrogens is 276 g/mol. The van der Waals surface area contributed by atoms with E-state index in [1.54, 1.807) is 36.5 Å². The summed E-state index contributed by atoms with van der Waals surface area (Å²) in [7, 11) is -3.48. The van der Waals surface area contributed by atoms with Crippen molar-refractivity contribution in [3.63, 3.8) is 0 Å². The molecule has 0 bridgehead atoms. The molecule has 1 aromatic carbocycles. The molecule has 5 nitrogen and oxygen atoms in total. The second kappa shape index (κ2) is 6.02. The van der Waals surface area contributed by atoms with Crippen molar-refractivity contribution in [2.75, 3.05) is 4.72 Å². The summed E-state index contributed by atoms with van der Waals surface area (Å²) in [5.41, 5.74) is 2.76. The maximum Gasteiger partial charge on any atom is 0.236 e. The highest BCUT2D eigenvalue weighted by atomic mass is 32.2. The Morgan fingerprint density at radius 1 is 1.15 bits per heavy atom. The molecule has 1 aromatic heterocycles. The van der Waals surface area contributed by atoms with E-state index < -0.39 is 10.0 Å². The SMILES string of the molecule is Cc1cncc(NS(=O)(=O)Cc2ccc(CO)cc2)c1. The van der Waals surface area contributed by atoms with Gasteiger partial charge in [-0.2, -0.15) is 0 Å². The molecule has 106 valence electrons. The predicted molar refractivity (Wildman–Crippen MR) is 77.6 cm³/mol. The van der Waals surface area contributed by atoms with E-state index in [1.165, 1.54) is 6.20 Å².